The Balaban J connectivity index is 1.59. The van der Waals surface area contributed by atoms with E-state index in [9.17, 15) is 24.5 Å². The minimum absolute atomic E-state index is 0.142. The molecule has 1 aromatic heterocycles. The predicted octanol–water partition coefficient (Wildman–Crippen LogP) is 4.31. The second kappa shape index (κ2) is 7.84. The monoisotopic (exact) mass is 435 g/mol. The Hall–Kier alpha value is -3.72. The molecular weight excluding hydrogens is 418 g/mol. The highest BCUT2D eigenvalue weighted by Gasteiger charge is 2.36. The number of nitrogens with zero attached hydrogens (tertiary/aromatic N) is 3. The Morgan fingerprint density at radius 2 is 1.81 bits per heavy atom. The van der Waals surface area contributed by atoms with Gasteiger partial charge in [-0.3, -0.25) is 29.4 Å². The Kier molecular flexibility index (Phi) is 5.20. The van der Waals surface area contributed by atoms with Gasteiger partial charge in [-0.15, -0.1) is 0 Å². The molecule has 0 saturated carbocycles. The molecule has 0 radical (unpaired) electrons. The van der Waals surface area contributed by atoms with Crippen molar-refractivity contribution in [3.05, 3.63) is 80.4 Å². The van der Waals surface area contributed by atoms with Crippen LogP contribution in [0.3, 0.4) is 0 Å². The summed E-state index contributed by atoms with van der Waals surface area (Å²) in [6.45, 7) is 1.52. The summed E-state index contributed by atoms with van der Waals surface area (Å²) in [6.07, 6.45) is 1.69. The minimum Gasteiger partial charge on any atom is -0.347 e. The van der Waals surface area contributed by atoms with E-state index in [2.05, 4.69) is 0 Å². The third-order valence-corrected chi connectivity index (χ3v) is 6.21. The lowest BCUT2D eigenvalue weighted by Gasteiger charge is -2.11. The summed E-state index contributed by atoms with van der Waals surface area (Å²) in [6, 6.07) is 12.8. The number of nitro benzene ring substituents is 1. The second-order valence-electron chi connectivity index (χ2n) is 7.07. The van der Waals surface area contributed by atoms with E-state index in [0.29, 0.717) is 0 Å². The summed E-state index contributed by atoms with van der Waals surface area (Å²) in [4.78, 5) is 49.1. The van der Waals surface area contributed by atoms with Crippen LogP contribution in [0.15, 0.2) is 53.4 Å². The third-order valence-electron chi connectivity index (χ3n) is 5.30. The van der Waals surface area contributed by atoms with E-state index in [1.54, 1.807) is 6.08 Å². The molecule has 4 rings (SSSR count). The van der Waals surface area contributed by atoms with Crippen molar-refractivity contribution >= 4 is 51.4 Å². The Bertz CT molecular complexity index is 1290. The lowest BCUT2D eigenvalue weighted by molar-refractivity contribution is -0.384. The second-order valence-corrected chi connectivity index (χ2v) is 8.06. The highest BCUT2D eigenvalue weighted by Crippen LogP contribution is 2.35. The van der Waals surface area contributed by atoms with Crippen molar-refractivity contribution in [2.75, 3.05) is 6.54 Å². The van der Waals surface area contributed by atoms with Crippen LogP contribution in [-0.4, -0.2) is 37.9 Å². The van der Waals surface area contributed by atoms with Crippen LogP contribution in [0, 0.1) is 17.0 Å². The average Bonchev–Trinajstić information content (AvgIpc) is 3.16. The number of benzene rings is 2. The van der Waals surface area contributed by atoms with Crippen LogP contribution >= 0.6 is 11.8 Å². The molecule has 1 saturated heterocycles. The molecule has 1 aliphatic heterocycles. The van der Waals surface area contributed by atoms with E-state index in [1.807, 2.05) is 42.8 Å². The van der Waals surface area contributed by atoms with Gasteiger partial charge in [-0.05, 0) is 43.0 Å². The van der Waals surface area contributed by atoms with Crippen LogP contribution in [0.25, 0.3) is 17.0 Å². The molecule has 2 amide bonds. The number of nitro groups is 1. The van der Waals surface area contributed by atoms with Gasteiger partial charge in [0.15, 0.2) is 5.78 Å². The maximum absolute atomic E-state index is 12.9. The molecule has 0 atom stereocenters. The summed E-state index contributed by atoms with van der Waals surface area (Å²) < 4.78 is 2.02. The smallest absolute Gasteiger partial charge is 0.293 e. The van der Waals surface area contributed by atoms with E-state index in [1.165, 1.54) is 24.3 Å². The zero-order valence-corrected chi connectivity index (χ0v) is 17.5. The number of aromatic nitrogens is 1. The first-order valence-corrected chi connectivity index (χ1v) is 10.2. The fourth-order valence-electron chi connectivity index (χ4n) is 3.50. The zero-order valence-electron chi connectivity index (χ0n) is 16.7. The van der Waals surface area contributed by atoms with Crippen molar-refractivity contribution in [3.63, 3.8) is 0 Å². The summed E-state index contributed by atoms with van der Waals surface area (Å²) >= 11 is 0.794. The maximum Gasteiger partial charge on any atom is 0.293 e. The van der Waals surface area contributed by atoms with Gasteiger partial charge in [-0.1, -0.05) is 18.2 Å². The molecule has 2 aromatic carbocycles. The van der Waals surface area contributed by atoms with Gasteiger partial charge in [0.2, 0.25) is 0 Å². The van der Waals surface area contributed by atoms with Gasteiger partial charge in [0.05, 0.1) is 16.4 Å². The van der Waals surface area contributed by atoms with Crippen molar-refractivity contribution in [2.24, 2.45) is 7.05 Å². The van der Waals surface area contributed by atoms with Crippen LogP contribution in [0.4, 0.5) is 10.5 Å². The van der Waals surface area contributed by atoms with Crippen molar-refractivity contribution in [1.29, 1.82) is 0 Å². The van der Waals surface area contributed by atoms with Crippen LogP contribution in [0.5, 0.6) is 0 Å². The van der Waals surface area contributed by atoms with Crippen LogP contribution in [0.1, 0.15) is 21.6 Å². The van der Waals surface area contributed by atoms with Gasteiger partial charge < -0.3 is 4.57 Å². The first kappa shape index (κ1) is 20.5. The third kappa shape index (κ3) is 3.64. The van der Waals surface area contributed by atoms with Crippen LogP contribution < -0.4 is 0 Å². The van der Waals surface area contributed by atoms with Gasteiger partial charge >= 0.3 is 0 Å². The van der Waals surface area contributed by atoms with E-state index in [0.717, 1.165) is 38.8 Å². The van der Waals surface area contributed by atoms with Gasteiger partial charge in [-0.25, -0.2) is 0 Å². The number of non-ortho nitro benzene ring substituents is 1. The number of thioether (sulfide) groups is 1. The number of ketones is 1. The number of hydrogen-bond acceptors (Lipinski definition) is 6. The molecule has 156 valence electrons. The molecule has 9 heteroatoms. The minimum atomic E-state index is -0.565. The first-order valence-electron chi connectivity index (χ1n) is 9.35. The van der Waals surface area contributed by atoms with Gasteiger partial charge in [-0.2, -0.15) is 0 Å². The first-order chi connectivity index (χ1) is 14.8. The molecule has 0 aliphatic carbocycles. The quantitative estimate of drug-likeness (QED) is 0.256. The topological polar surface area (TPSA) is 103 Å². The number of Topliss-reactive ketones (excluding diaryl/α,β-unsaturated/α-hetero) is 1. The molecule has 0 N–H and O–H groups in total. The average molecular weight is 435 g/mol. The van der Waals surface area contributed by atoms with Gasteiger partial charge in [0.25, 0.3) is 16.8 Å². The Morgan fingerprint density at radius 1 is 1.13 bits per heavy atom. The summed E-state index contributed by atoms with van der Waals surface area (Å²) in [5.74, 6) is -1.00. The number of rotatable bonds is 5. The number of fused-ring (bicyclic) bond motifs is 1. The summed E-state index contributed by atoms with van der Waals surface area (Å²) in [5.41, 5.74) is 2.87. The molecule has 1 aliphatic rings. The molecular formula is C22H17N3O5S. The molecule has 2 heterocycles. The Morgan fingerprint density at radius 3 is 2.48 bits per heavy atom. The molecule has 3 aromatic rings. The number of imide groups is 1. The number of carbonyl (C=O) groups excluding carboxylic acids is 3. The van der Waals surface area contributed by atoms with E-state index < -0.39 is 28.4 Å². The lowest BCUT2D eigenvalue weighted by Crippen LogP contribution is -2.33. The number of carbonyl (C=O) groups is 3. The molecule has 31 heavy (non-hydrogen) atoms. The molecule has 0 unspecified atom stereocenters. The number of amides is 2. The normalized spacial score (nSPS) is 15.3. The lowest BCUT2D eigenvalue weighted by atomic mass is 10.1. The molecule has 8 nitrogen and oxygen atoms in total. The van der Waals surface area contributed by atoms with E-state index in [4.69, 9.17) is 0 Å². The predicted molar refractivity (Wildman–Crippen MR) is 118 cm³/mol. The van der Waals surface area contributed by atoms with Crippen molar-refractivity contribution < 1.29 is 19.3 Å². The van der Waals surface area contributed by atoms with E-state index in [-0.39, 0.29) is 16.2 Å². The fraction of sp³-hybridized carbons (Fsp3) is 0.136. The number of para-hydroxylation sites is 1. The number of hydrogen-bond donors (Lipinski definition) is 0. The summed E-state index contributed by atoms with van der Waals surface area (Å²) in [7, 11) is 1.93. The maximum atomic E-state index is 12.9. The van der Waals surface area contributed by atoms with Crippen molar-refractivity contribution in [2.45, 2.75) is 6.92 Å². The molecule has 1 fully saturated rings. The number of aryl methyl sites for hydroxylation is 1. The highest BCUT2D eigenvalue weighted by molar-refractivity contribution is 8.18. The summed E-state index contributed by atoms with van der Waals surface area (Å²) in [5, 5.41) is 11.2. The fourth-order valence-corrected chi connectivity index (χ4v) is 4.32. The van der Waals surface area contributed by atoms with Gasteiger partial charge in [0, 0.05) is 46.9 Å². The molecule has 0 spiro atoms. The van der Waals surface area contributed by atoms with Crippen molar-refractivity contribution in [3.8, 4) is 0 Å². The SMILES string of the molecule is Cc1c(/C=C2\SC(=O)N(CC(=O)c3ccc([N+](=O)[O-])cc3)C2=O)c2ccccc2n1C. The highest BCUT2D eigenvalue weighted by atomic mass is 32.2. The standard InChI is InChI=1S/C22H17N3O5S/c1-13-17(16-5-3-4-6-18(16)23(13)2)11-20-21(27)24(22(28)31-20)12-19(26)14-7-9-15(10-8-14)25(29)30/h3-11H,12H2,1-2H3/b20-11-. The Labute approximate surface area is 181 Å². The zero-order chi connectivity index (χ0) is 22.3. The molecule has 0 bridgehead atoms. The van der Waals surface area contributed by atoms with Gasteiger partial charge in [0.1, 0.15) is 0 Å². The van der Waals surface area contributed by atoms with Crippen LogP contribution in [0.2, 0.25) is 0 Å². The van der Waals surface area contributed by atoms with E-state index >= 15 is 0 Å². The van der Waals surface area contributed by atoms with Crippen molar-refractivity contribution in [1.82, 2.24) is 9.47 Å². The largest absolute Gasteiger partial charge is 0.347 e. The van der Waals surface area contributed by atoms with Crippen LogP contribution in [-0.2, 0) is 11.8 Å².